The Bertz CT molecular complexity index is 412. The van der Waals surface area contributed by atoms with Crippen LogP contribution in [0.3, 0.4) is 0 Å². The Hall–Kier alpha value is -1.48. The average Bonchev–Trinajstić information content (AvgIpc) is 2.62. The third kappa shape index (κ3) is 1.51. The number of H-pyrrole nitrogens is 1. The summed E-state index contributed by atoms with van der Waals surface area (Å²) in [5, 5.41) is 16.2. The summed E-state index contributed by atoms with van der Waals surface area (Å²) in [6.07, 6.45) is 1.73. The molecule has 2 N–H and O–H groups in total. The molecule has 0 aliphatic heterocycles. The second-order valence-electron chi connectivity index (χ2n) is 2.63. The van der Waals surface area contributed by atoms with E-state index in [1.807, 2.05) is 6.07 Å². The molecule has 13 heavy (non-hydrogen) atoms. The standard InChI is InChI=1S/C9H7ClN2O/c10-7-5-6(1-2-9(7)13)8-3-4-11-12-8/h1-5,13H,(H,11,12). The van der Waals surface area contributed by atoms with Crippen LogP contribution >= 0.6 is 11.6 Å². The molecule has 1 heterocycles. The number of nitrogens with one attached hydrogen (secondary N) is 1. The summed E-state index contributed by atoms with van der Waals surface area (Å²) >= 11 is 5.74. The topological polar surface area (TPSA) is 48.9 Å². The Balaban J connectivity index is 2.49. The lowest BCUT2D eigenvalue weighted by Crippen LogP contribution is -1.78. The Kier molecular flexibility index (Phi) is 1.94. The van der Waals surface area contributed by atoms with Crippen molar-refractivity contribution in [2.45, 2.75) is 0 Å². The third-order valence-electron chi connectivity index (χ3n) is 1.74. The van der Waals surface area contributed by atoms with Crippen LogP contribution in [0.2, 0.25) is 5.02 Å². The SMILES string of the molecule is Oc1ccc(-c2cc[nH]n2)cc1Cl. The monoisotopic (exact) mass is 194 g/mol. The number of benzene rings is 1. The molecule has 3 nitrogen and oxygen atoms in total. The van der Waals surface area contributed by atoms with Crippen molar-refractivity contribution in [1.29, 1.82) is 0 Å². The van der Waals surface area contributed by atoms with E-state index in [0.29, 0.717) is 5.02 Å². The lowest BCUT2D eigenvalue weighted by atomic mass is 10.1. The Morgan fingerprint density at radius 3 is 2.77 bits per heavy atom. The number of aromatic nitrogens is 2. The molecule has 4 heteroatoms. The van der Waals surface area contributed by atoms with Gasteiger partial charge in [0.15, 0.2) is 0 Å². The predicted molar refractivity (Wildman–Crippen MR) is 50.7 cm³/mol. The lowest BCUT2D eigenvalue weighted by molar-refractivity contribution is 0.475. The number of hydrogen-bond donors (Lipinski definition) is 2. The smallest absolute Gasteiger partial charge is 0.134 e. The van der Waals surface area contributed by atoms with Gasteiger partial charge in [-0.2, -0.15) is 5.10 Å². The first-order chi connectivity index (χ1) is 6.27. The van der Waals surface area contributed by atoms with Crippen LogP contribution in [0, 0.1) is 0 Å². The maximum atomic E-state index is 9.18. The van der Waals surface area contributed by atoms with Crippen molar-refractivity contribution in [3.63, 3.8) is 0 Å². The molecule has 0 bridgehead atoms. The van der Waals surface area contributed by atoms with Gasteiger partial charge in [-0.3, -0.25) is 5.10 Å². The molecular weight excluding hydrogens is 188 g/mol. The predicted octanol–water partition coefficient (Wildman–Crippen LogP) is 2.44. The highest BCUT2D eigenvalue weighted by atomic mass is 35.5. The second-order valence-corrected chi connectivity index (χ2v) is 3.03. The van der Waals surface area contributed by atoms with E-state index in [1.54, 1.807) is 24.4 Å². The highest BCUT2D eigenvalue weighted by Gasteiger charge is 2.03. The number of aromatic hydroxyl groups is 1. The fourth-order valence-electron chi connectivity index (χ4n) is 1.09. The molecule has 66 valence electrons. The first-order valence-corrected chi connectivity index (χ1v) is 4.14. The Morgan fingerprint density at radius 1 is 1.31 bits per heavy atom. The van der Waals surface area contributed by atoms with Crippen molar-refractivity contribution in [2.24, 2.45) is 0 Å². The zero-order valence-electron chi connectivity index (χ0n) is 6.66. The summed E-state index contributed by atoms with van der Waals surface area (Å²) in [5.41, 5.74) is 1.69. The van der Waals surface area contributed by atoms with Gasteiger partial charge in [0, 0.05) is 11.8 Å². The molecule has 2 rings (SSSR count). The van der Waals surface area contributed by atoms with E-state index in [1.165, 1.54) is 0 Å². The van der Waals surface area contributed by atoms with Crippen molar-refractivity contribution in [3.8, 4) is 17.0 Å². The van der Waals surface area contributed by atoms with Crippen molar-refractivity contribution in [2.75, 3.05) is 0 Å². The minimum atomic E-state index is 0.0842. The summed E-state index contributed by atoms with van der Waals surface area (Å²) in [5.74, 6) is 0.0842. The van der Waals surface area contributed by atoms with E-state index in [0.717, 1.165) is 11.3 Å². The maximum absolute atomic E-state index is 9.18. The average molecular weight is 195 g/mol. The van der Waals surface area contributed by atoms with Gasteiger partial charge in [0.2, 0.25) is 0 Å². The van der Waals surface area contributed by atoms with Gasteiger partial charge in [-0.15, -0.1) is 0 Å². The number of nitrogens with zero attached hydrogens (tertiary/aromatic N) is 1. The van der Waals surface area contributed by atoms with Crippen LogP contribution < -0.4 is 0 Å². The van der Waals surface area contributed by atoms with E-state index in [-0.39, 0.29) is 5.75 Å². The van der Waals surface area contributed by atoms with Crippen LogP contribution in [-0.2, 0) is 0 Å². The largest absolute Gasteiger partial charge is 0.506 e. The van der Waals surface area contributed by atoms with Crippen LogP contribution in [0.4, 0.5) is 0 Å². The summed E-state index contributed by atoms with van der Waals surface area (Å²) in [6.45, 7) is 0. The molecule has 0 radical (unpaired) electrons. The summed E-state index contributed by atoms with van der Waals surface area (Å²) in [6, 6.07) is 6.82. The Labute approximate surface area is 80.0 Å². The van der Waals surface area contributed by atoms with Crippen LogP contribution in [0.25, 0.3) is 11.3 Å². The molecule has 0 aliphatic carbocycles. The van der Waals surface area contributed by atoms with E-state index in [9.17, 15) is 5.11 Å². The molecule has 0 aliphatic rings. The molecule has 0 amide bonds. The van der Waals surface area contributed by atoms with Crippen LogP contribution in [0.15, 0.2) is 30.5 Å². The van der Waals surface area contributed by atoms with Crippen molar-refractivity contribution >= 4 is 11.6 Å². The molecule has 0 spiro atoms. The first kappa shape index (κ1) is 8.13. The molecule has 2 aromatic rings. The molecular formula is C9H7ClN2O. The Morgan fingerprint density at radius 2 is 2.15 bits per heavy atom. The molecule has 1 aromatic carbocycles. The fraction of sp³-hybridized carbons (Fsp3) is 0. The van der Waals surface area contributed by atoms with Crippen molar-refractivity contribution in [1.82, 2.24) is 10.2 Å². The number of halogens is 1. The molecule has 0 fully saturated rings. The molecule has 0 saturated heterocycles. The number of phenols is 1. The quantitative estimate of drug-likeness (QED) is 0.733. The zero-order valence-corrected chi connectivity index (χ0v) is 7.42. The highest BCUT2D eigenvalue weighted by Crippen LogP contribution is 2.27. The molecule has 1 aromatic heterocycles. The fourth-order valence-corrected chi connectivity index (χ4v) is 1.27. The van der Waals surface area contributed by atoms with Gasteiger partial charge in [0.1, 0.15) is 5.75 Å². The summed E-state index contributed by atoms with van der Waals surface area (Å²) in [7, 11) is 0. The number of aromatic amines is 1. The van der Waals surface area contributed by atoms with Crippen LogP contribution in [0.1, 0.15) is 0 Å². The van der Waals surface area contributed by atoms with Gasteiger partial charge in [0.05, 0.1) is 10.7 Å². The summed E-state index contributed by atoms with van der Waals surface area (Å²) < 4.78 is 0. The van der Waals surface area contributed by atoms with Gasteiger partial charge in [-0.05, 0) is 24.3 Å². The van der Waals surface area contributed by atoms with E-state index < -0.39 is 0 Å². The molecule has 0 saturated carbocycles. The third-order valence-corrected chi connectivity index (χ3v) is 2.05. The minimum Gasteiger partial charge on any atom is -0.506 e. The van der Waals surface area contributed by atoms with Gasteiger partial charge in [0.25, 0.3) is 0 Å². The number of phenolic OH excluding ortho intramolecular Hbond substituents is 1. The number of hydrogen-bond acceptors (Lipinski definition) is 2. The van der Waals surface area contributed by atoms with Gasteiger partial charge >= 0.3 is 0 Å². The highest BCUT2D eigenvalue weighted by molar-refractivity contribution is 6.32. The van der Waals surface area contributed by atoms with Crippen LogP contribution in [-0.4, -0.2) is 15.3 Å². The molecule has 0 atom stereocenters. The minimum absolute atomic E-state index is 0.0842. The van der Waals surface area contributed by atoms with Gasteiger partial charge in [-0.1, -0.05) is 11.6 Å². The normalized spacial score (nSPS) is 10.2. The lowest BCUT2D eigenvalue weighted by Gasteiger charge is -1.98. The van der Waals surface area contributed by atoms with Gasteiger partial charge < -0.3 is 5.11 Å². The zero-order chi connectivity index (χ0) is 9.26. The molecule has 0 unspecified atom stereocenters. The number of rotatable bonds is 1. The second kappa shape index (κ2) is 3.11. The summed E-state index contributed by atoms with van der Waals surface area (Å²) in [4.78, 5) is 0. The van der Waals surface area contributed by atoms with Crippen molar-refractivity contribution < 1.29 is 5.11 Å². The van der Waals surface area contributed by atoms with E-state index in [2.05, 4.69) is 10.2 Å². The first-order valence-electron chi connectivity index (χ1n) is 3.76. The van der Waals surface area contributed by atoms with Crippen LogP contribution in [0.5, 0.6) is 5.75 Å². The maximum Gasteiger partial charge on any atom is 0.134 e. The van der Waals surface area contributed by atoms with E-state index in [4.69, 9.17) is 11.6 Å². The van der Waals surface area contributed by atoms with E-state index >= 15 is 0 Å². The van der Waals surface area contributed by atoms with Crippen molar-refractivity contribution in [3.05, 3.63) is 35.5 Å². The van der Waals surface area contributed by atoms with Gasteiger partial charge in [-0.25, -0.2) is 0 Å².